The van der Waals surface area contributed by atoms with Crippen LogP contribution in [0.15, 0.2) is 58.4 Å². The molecule has 0 fully saturated rings. The molecule has 6 heteroatoms. The molecule has 2 N–H and O–H groups in total. The molecule has 0 spiro atoms. The van der Waals surface area contributed by atoms with Gasteiger partial charge in [0.1, 0.15) is 0 Å². The van der Waals surface area contributed by atoms with Gasteiger partial charge in [0.05, 0.1) is 12.0 Å². The number of phenolic OH excluding ortho intramolecular Hbond substituents is 1. The smallest absolute Gasteiger partial charge is 0.286 e. The second kappa shape index (κ2) is 6.58. The van der Waals surface area contributed by atoms with Crippen molar-refractivity contribution in [2.24, 2.45) is 4.99 Å². The Kier molecular flexibility index (Phi) is 4.34. The van der Waals surface area contributed by atoms with Gasteiger partial charge in [-0.25, -0.2) is 0 Å². The van der Waals surface area contributed by atoms with E-state index >= 15 is 0 Å². The number of amidine groups is 1. The van der Waals surface area contributed by atoms with Crippen LogP contribution in [-0.4, -0.2) is 23.3 Å². The Labute approximate surface area is 137 Å². The molecule has 0 saturated carbocycles. The van der Waals surface area contributed by atoms with Crippen molar-refractivity contribution in [2.45, 2.75) is 0 Å². The molecule has 116 valence electrons. The fourth-order valence-electron chi connectivity index (χ4n) is 2.07. The van der Waals surface area contributed by atoms with Gasteiger partial charge >= 0.3 is 0 Å². The number of phenols is 1. The van der Waals surface area contributed by atoms with Crippen LogP contribution in [0.4, 0.5) is 5.69 Å². The number of nitrogens with one attached hydrogen (secondary N) is 1. The fraction of sp³-hybridized carbons (Fsp3) is 0.0588. The molecule has 1 amide bonds. The number of amides is 1. The van der Waals surface area contributed by atoms with Crippen molar-refractivity contribution in [2.75, 3.05) is 12.4 Å². The van der Waals surface area contributed by atoms with Crippen LogP contribution in [0.1, 0.15) is 5.56 Å². The van der Waals surface area contributed by atoms with Gasteiger partial charge in [0.25, 0.3) is 5.91 Å². The van der Waals surface area contributed by atoms with Gasteiger partial charge in [-0.2, -0.15) is 4.99 Å². The highest BCUT2D eigenvalue weighted by molar-refractivity contribution is 8.18. The highest BCUT2D eigenvalue weighted by atomic mass is 32.2. The van der Waals surface area contributed by atoms with Gasteiger partial charge in [-0.15, -0.1) is 0 Å². The first-order valence-electron chi connectivity index (χ1n) is 6.88. The molecule has 2 aromatic rings. The van der Waals surface area contributed by atoms with E-state index in [2.05, 4.69) is 10.3 Å². The lowest BCUT2D eigenvalue weighted by molar-refractivity contribution is -0.113. The van der Waals surface area contributed by atoms with Crippen molar-refractivity contribution in [3.63, 3.8) is 0 Å². The summed E-state index contributed by atoms with van der Waals surface area (Å²) in [5, 5.41) is 13.7. The summed E-state index contributed by atoms with van der Waals surface area (Å²) in [5.74, 6) is 0.0226. The number of ether oxygens (including phenoxy) is 1. The average molecular weight is 326 g/mol. The van der Waals surface area contributed by atoms with Crippen LogP contribution in [-0.2, 0) is 4.79 Å². The number of anilines is 1. The number of para-hydroxylation sites is 2. The second-order valence-corrected chi connectivity index (χ2v) is 5.75. The molecule has 0 bridgehead atoms. The van der Waals surface area contributed by atoms with E-state index in [9.17, 15) is 9.90 Å². The Hall–Kier alpha value is -2.73. The molecule has 0 saturated heterocycles. The standard InChI is InChI=1S/C17H14N2O3S/c1-22-13-9-5-6-11(15(13)20)10-14-16(21)19-17(23-14)18-12-7-3-2-4-8-12/h2-10,20H,1H3,(H,18,19,21)/b14-10-. The zero-order valence-electron chi connectivity index (χ0n) is 12.3. The number of benzene rings is 2. The zero-order chi connectivity index (χ0) is 16.2. The first-order chi connectivity index (χ1) is 11.2. The summed E-state index contributed by atoms with van der Waals surface area (Å²) < 4.78 is 5.07. The molecule has 0 unspecified atom stereocenters. The minimum absolute atomic E-state index is 0.000341. The van der Waals surface area contributed by atoms with Gasteiger partial charge < -0.3 is 15.2 Å². The Morgan fingerprint density at radius 2 is 1.96 bits per heavy atom. The van der Waals surface area contributed by atoms with Gasteiger partial charge in [-0.3, -0.25) is 4.79 Å². The summed E-state index contributed by atoms with van der Waals surface area (Å²) in [6, 6.07) is 14.6. The summed E-state index contributed by atoms with van der Waals surface area (Å²) >= 11 is 1.23. The lowest BCUT2D eigenvalue weighted by atomic mass is 10.1. The number of rotatable bonds is 3. The SMILES string of the molecule is COc1cccc(/C=C2\SC(Nc3ccccc3)=NC2=O)c1O. The number of carbonyl (C=O) groups is 1. The first kappa shape index (κ1) is 15.2. The number of carbonyl (C=O) groups excluding carboxylic acids is 1. The highest BCUT2D eigenvalue weighted by Crippen LogP contribution is 2.35. The maximum Gasteiger partial charge on any atom is 0.286 e. The van der Waals surface area contributed by atoms with Gasteiger partial charge in [0.15, 0.2) is 16.7 Å². The highest BCUT2D eigenvalue weighted by Gasteiger charge is 2.22. The number of hydrogen-bond acceptors (Lipinski definition) is 5. The molecule has 5 nitrogen and oxygen atoms in total. The van der Waals surface area contributed by atoms with Crippen molar-refractivity contribution in [3.05, 3.63) is 59.0 Å². The second-order valence-electron chi connectivity index (χ2n) is 4.72. The quantitative estimate of drug-likeness (QED) is 0.845. The summed E-state index contributed by atoms with van der Waals surface area (Å²) in [4.78, 5) is 16.4. The molecule has 2 aromatic carbocycles. The Bertz CT molecular complexity index is 801. The number of thioether (sulfide) groups is 1. The Morgan fingerprint density at radius 1 is 1.17 bits per heavy atom. The summed E-state index contributed by atoms with van der Waals surface area (Å²) in [6.45, 7) is 0. The predicted molar refractivity (Wildman–Crippen MR) is 92.7 cm³/mol. The van der Waals surface area contributed by atoms with Crippen molar-refractivity contribution in [1.29, 1.82) is 0 Å². The first-order valence-corrected chi connectivity index (χ1v) is 7.69. The van der Waals surface area contributed by atoms with Gasteiger partial charge in [0, 0.05) is 11.3 Å². The molecule has 23 heavy (non-hydrogen) atoms. The van der Waals surface area contributed by atoms with Crippen LogP contribution in [0.25, 0.3) is 6.08 Å². The van der Waals surface area contributed by atoms with Crippen LogP contribution < -0.4 is 10.1 Å². The molecule has 1 heterocycles. The number of hydrogen-bond donors (Lipinski definition) is 2. The van der Waals surface area contributed by atoms with E-state index in [1.54, 1.807) is 24.3 Å². The summed E-state index contributed by atoms with van der Waals surface area (Å²) in [6.07, 6.45) is 1.61. The van der Waals surface area contributed by atoms with Crippen LogP contribution in [0.2, 0.25) is 0 Å². The van der Waals surface area contributed by atoms with E-state index in [4.69, 9.17) is 4.74 Å². The van der Waals surface area contributed by atoms with Crippen molar-refractivity contribution < 1.29 is 14.6 Å². The number of aliphatic imine (C=N–C) groups is 1. The molecular formula is C17H14N2O3S. The lowest BCUT2D eigenvalue weighted by Gasteiger charge is -2.06. The monoisotopic (exact) mass is 326 g/mol. The molecule has 1 aliphatic heterocycles. The van der Waals surface area contributed by atoms with Crippen molar-refractivity contribution in [3.8, 4) is 11.5 Å². The van der Waals surface area contributed by atoms with Crippen LogP contribution in [0.5, 0.6) is 11.5 Å². The number of aromatic hydroxyl groups is 1. The fourth-order valence-corrected chi connectivity index (χ4v) is 2.89. The number of methoxy groups -OCH3 is 1. The van der Waals surface area contributed by atoms with Crippen LogP contribution in [0.3, 0.4) is 0 Å². The largest absolute Gasteiger partial charge is 0.504 e. The Balaban J connectivity index is 1.80. The predicted octanol–water partition coefficient (Wildman–Crippen LogP) is 3.48. The molecule has 1 aliphatic rings. The maximum atomic E-state index is 12.0. The van der Waals surface area contributed by atoms with E-state index in [1.165, 1.54) is 18.9 Å². The van der Waals surface area contributed by atoms with Crippen molar-refractivity contribution >= 4 is 34.6 Å². The normalized spacial score (nSPS) is 15.6. The van der Waals surface area contributed by atoms with E-state index in [1.807, 2.05) is 30.3 Å². The average Bonchev–Trinajstić information content (AvgIpc) is 2.90. The summed E-state index contributed by atoms with van der Waals surface area (Å²) in [5.41, 5.74) is 1.37. The molecule has 0 aromatic heterocycles. The molecule has 0 radical (unpaired) electrons. The topological polar surface area (TPSA) is 70.9 Å². The van der Waals surface area contributed by atoms with E-state index < -0.39 is 0 Å². The third kappa shape index (κ3) is 3.37. The van der Waals surface area contributed by atoms with Crippen LogP contribution in [0, 0.1) is 0 Å². The Morgan fingerprint density at radius 3 is 2.70 bits per heavy atom. The molecule has 3 rings (SSSR count). The summed E-state index contributed by atoms with van der Waals surface area (Å²) in [7, 11) is 1.48. The van der Waals surface area contributed by atoms with Crippen LogP contribution >= 0.6 is 11.8 Å². The lowest BCUT2D eigenvalue weighted by Crippen LogP contribution is -2.04. The van der Waals surface area contributed by atoms with E-state index in [0.717, 1.165) is 5.69 Å². The maximum absolute atomic E-state index is 12.0. The minimum Gasteiger partial charge on any atom is -0.504 e. The van der Waals surface area contributed by atoms with Gasteiger partial charge in [0.2, 0.25) is 0 Å². The molecular weight excluding hydrogens is 312 g/mol. The zero-order valence-corrected chi connectivity index (χ0v) is 13.1. The van der Waals surface area contributed by atoms with Gasteiger partial charge in [-0.05, 0) is 36.0 Å². The van der Waals surface area contributed by atoms with Crippen molar-refractivity contribution in [1.82, 2.24) is 0 Å². The third-order valence-electron chi connectivity index (χ3n) is 3.18. The van der Waals surface area contributed by atoms with Gasteiger partial charge in [-0.1, -0.05) is 30.3 Å². The van der Waals surface area contributed by atoms with E-state index in [-0.39, 0.29) is 11.7 Å². The molecule has 0 aliphatic carbocycles. The molecule has 0 atom stereocenters. The third-order valence-corrected chi connectivity index (χ3v) is 4.08. The minimum atomic E-state index is -0.337. The number of nitrogens with zero attached hydrogens (tertiary/aromatic N) is 1. The van der Waals surface area contributed by atoms with E-state index in [0.29, 0.717) is 21.4 Å².